The van der Waals surface area contributed by atoms with E-state index in [1.807, 2.05) is 0 Å². The number of carbonyl (C=O) groups excluding carboxylic acids is 1. The quantitative estimate of drug-likeness (QED) is 0.765. The third kappa shape index (κ3) is 5.15. The first kappa shape index (κ1) is 17.0. The van der Waals surface area contributed by atoms with E-state index in [4.69, 9.17) is 5.11 Å². The van der Waals surface area contributed by atoms with Gasteiger partial charge in [-0.2, -0.15) is 0 Å². The Hall–Kier alpha value is -1.05. The van der Waals surface area contributed by atoms with Gasteiger partial charge in [0, 0.05) is 17.6 Å². The summed E-state index contributed by atoms with van der Waals surface area (Å²) in [5.74, 6) is -0.461. The van der Waals surface area contributed by atoms with E-state index in [1.54, 1.807) is 18.2 Å². The van der Waals surface area contributed by atoms with Crippen molar-refractivity contribution in [3.8, 4) is 0 Å². The third-order valence-electron chi connectivity index (χ3n) is 2.68. The highest BCUT2D eigenvalue weighted by atomic mass is 79.9. The highest BCUT2D eigenvalue weighted by molar-refractivity contribution is 9.10. The minimum atomic E-state index is -2.46. The minimum absolute atomic E-state index is 0.162. The van der Waals surface area contributed by atoms with Gasteiger partial charge in [-0.1, -0.05) is 22.0 Å². The van der Waals surface area contributed by atoms with Gasteiger partial charge in [0.1, 0.15) is 0 Å². The van der Waals surface area contributed by atoms with Crippen molar-refractivity contribution in [3.63, 3.8) is 0 Å². The number of aliphatic hydroxyl groups excluding tert-OH is 1. The van der Waals surface area contributed by atoms with Crippen LogP contribution < -0.4 is 0 Å². The van der Waals surface area contributed by atoms with Gasteiger partial charge in [0.2, 0.25) is 0 Å². The molecule has 1 rings (SSSR count). The molecule has 1 aromatic rings. The summed E-state index contributed by atoms with van der Waals surface area (Å²) in [4.78, 5) is 12.8. The summed E-state index contributed by atoms with van der Waals surface area (Å²) >= 11 is 3.31. The van der Waals surface area contributed by atoms with Crippen LogP contribution in [-0.2, 0) is 11.3 Å². The van der Waals surface area contributed by atoms with Gasteiger partial charge < -0.3 is 9.84 Å². The maximum Gasteiger partial charge on any atom is 0.337 e. The van der Waals surface area contributed by atoms with Crippen LogP contribution in [0, 0.1) is 0 Å². The van der Waals surface area contributed by atoms with Crippen LogP contribution in [0.5, 0.6) is 0 Å². The summed E-state index contributed by atoms with van der Waals surface area (Å²) in [6.45, 7) is -0.182. The second-order valence-electron chi connectivity index (χ2n) is 4.15. The van der Waals surface area contributed by atoms with Gasteiger partial charge >= 0.3 is 5.97 Å². The molecule has 0 radical (unpaired) electrons. The van der Waals surface area contributed by atoms with E-state index in [1.165, 1.54) is 12.0 Å². The topological polar surface area (TPSA) is 49.8 Å². The van der Waals surface area contributed by atoms with E-state index in [9.17, 15) is 13.6 Å². The van der Waals surface area contributed by atoms with Gasteiger partial charge in [0.25, 0.3) is 6.43 Å². The molecule has 0 fully saturated rings. The summed E-state index contributed by atoms with van der Waals surface area (Å²) in [5.41, 5.74) is 1.14. The fourth-order valence-electron chi connectivity index (χ4n) is 1.73. The summed E-state index contributed by atoms with van der Waals surface area (Å²) < 4.78 is 30.1. The van der Waals surface area contributed by atoms with E-state index in [0.717, 1.165) is 5.56 Å². The molecule has 0 aliphatic heterocycles. The summed E-state index contributed by atoms with van der Waals surface area (Å²) in [5, 5.41) is 8.89. The second kappa shape index (κ2) is 8.28. The SMILES string of the molecule is COC(=O)c1ccc(CN(CCO)CC(F)F)c(Br)c1. The largest absolute Gasteiger partial charge is 0.465 e. The van der Waals surface area contributed by atoms with Crippen LogP contribution in [0.15, 0.2) is 22.7 Å². The predicted molar refractivity (Wildman–Crippen MR) is 73.8 cm³/mol. The molecule has 0 heterocycles. The van der Waals surface area contributed by atoms with Crippen LogP contribution in [0.3, 0.4) is 0 Å². The molecule has 0 unspecified atom stereocenters. The molecule has 0 spiro atoms. The van der Waals surface area contributed by atoms with Gasteiger partial charge in [-0.05, 0) is 17.7 Å². The van der Waals surface area contributed by atoms with Gasteiger partial charge in [-0.15, -0.1) is 0 Å². The van der Waals surface area contributed by atoms with Crippen LogP contribution in [0.4, 0.5) is 8.78 Å². The predicted octanol–water partition coefficient (Wildman–Crippen LogP) is 2.30. The zero-order chi connectivity index (χ0) is 15.1. The number of hydrogen-bond acceptors (Lipinski definition) is 4. The molecule has 0 bridgehead atoms. The van der Waals surface area contributed by atoms with Gasteiger partial charge in [0.15, 0.2) is 0 Å². The zero-order valence-electron chi connectivity index (χ0n) is 11.0. The lowest BCUT2D eigenvalue weighted by Gasteiger charge is -2.21. The molecule has 0 amide bonds. The number of methoxy groups -OCH3 is 1. The standard InChI is InChI=1S/C13H16BrF2NO3/c1-20-13(19)9-2-3-10(11(14)6-9)7-17(4-5-18)8-12(15)16/h2-3,6,12,18H,4-5,7-8H2,1H3. The Bertz CT molecular complexity index is 457. The fourth-order valence-corrected chi connectivity index (χ4v) is 2.24. The average Bonchev–Trinajstić information content (AvgIpc) is 2.39. The molecule has 0 aliphatic rings. The van der Waals surface area contributed by atoms with E-state index < -0.39 is 18.9 Å². The third-order valence-corrected chi connectivity index (χ3v) is 3.42. The van der Waals surface area contributed by atoms with Gasteiger partial charge in [-0.25, -0.2) is 13.6 Å². The lowest BCUT2D eigenvalue weighted by molar-refractivity contribution is 0.0600. The van der Waals surface area contributed by atoms with Crippen LogP contribution in [0.25, 0.3) is 0 Å². The number of carbonyl (C=O) groups is 1. The van der Waals surface area contributed by atoms with Gasteiger partial charge in [0.05, 0.1) is 25.8 Å². The Morgan fingerprint density at radius 1 is 1.50 bits per heavy atom. The molecule has 20 heavy (non-hydrogen) atoms. The Labute approximate surface area is 124 Å². The maximum atomic E-state index is 12.4. The van der Waals surface area contributed by atoms with E-state index in [-0.39, 0.29) is 19.7 Å². The number of alkyl halides is 2. The normalized spacial score (nSPS) is 11.2. The van der Waals surface area contributed by atoms with Crippen LogP contribution in [-0.4, -0.2) is 49.2 Å². The first-order valence-electron chi connectivity index (χ1n) is 5.96. The number of halogens is 3. The van der Waals surface area contributed by atoms with Crippen molar-refractivity contribution >= 4 is 21.9 Å². The Morgan fingerprint density at radius 2 is 2.20 bits per heavy atom. The molecule has 0 aromatic heterocycles. The highest BCUT2D eigenvalue weighted by Gasteiger charge is 2.15. The number of rotatable bonds is 7. The second-order valence-corrected chi connectivity index (χ2v) is 5.00. The lowest BCUT2D eigenvalue weighted by atomic mass is 10.1. The first-order valence-corrected chi connectivity index (χ1v) is 6.75. The summed E-state index contributed by atoms with van der Waals surface area (Å²) in [7, 11) is 1.29. The molecule has 4 nitrogen and oxygen atoms in total. The van der Waals surface area contributed by atoms with Crippen molar-refractivity contribution in [2.75, 3.05) is 26.8 Å². The lowest BCUT2D eigenvalue weighted by Crippen LogP contribution is -2.31. The average molecular weight is 352 g/mol. The smallest absolute Gasteiger partial charge is 0.337 e. The van der Waals surface area contributed by atoms with Crippen LogP contribution in [0.2, 0.25) is 0 Å². The minimum Gasteiger partial charge on any atom is -0.465 e. The van der Waals surface area contributed by atoms with Crippen molar-refractivity contribution < 1.29 is 23.4 Å². The van der Waals surface area contributed by atoms with Crippen LogP contribution >= 0.6 is 15.9 Å². The van der Waals surface area contributed by atoms with Crippen molar-refractivity contribution in [3.05, 3.63) is 33.8 Å². The molecule has 0 saturated heterocycles. The number of benzene rings is 1. The Kier molecular flexibility index (Phi) is 7.04. The number of ether oxygens (including phenoxy) is 1. The maximum absolute atomic E-state index is 12.4. The van der Waals surface area contributed by atoms with Crippen LogP contribution in [0.1, 0.15) is 15.9 Å². The fraction of sp³-hybridized carbons (Fsp3) is 0.462. The highest BCUT2D eigenvalue weighted by Crippen LogP contribution is 2.21. The number of hydrogen-bond donors (Lipinski definition) is 1. The number of esters is 1. The summed E-state index contributed by atoms with van der Waals surface area (Å²) in [6.07, 6.45) is -2.46. The number of aliphatic hydroxyl groups is 1. The van der Waals surface area contributed by atoms with Crippen molar-refractivity contribution in [1.29, 1.82) is 0 Å². The van der Waals surface area contributed by atoms with Crippen molar-refractivity contribution in [1.82, 2.24) is 4.90 Å². The number of nitrogens with zero attached hydrogens (tertiary/aromatic N) is 1. The van der Waals surface area contributed by atoms with Gasteiger partial charge in [-0.3, -0.25) is 4.90 Å². The summed E-state index contributed by atoms with van der Waals surface area (Å²) in [6, 6.07) is 4.83. The van der Waals surface area contributed by atoms with E-state index >= 15 is 0 Å². The molecule has 7 heteroatoms. The Balaban J connectivity index is 2.82. The molecule has 1 aromatic carbocycles. The van der Waals surface area contributed by atoms with E-state index in [0.29, 0.717) is 10.0 Å². The molecule has 0 atom stereocenters. The molecule has 0 saturated carbocycles. The molecular weight excluding hydrogens is 336 g/mol. The van der Waals surface area contributed by atoms with E-state index in [2.05, 4.69) is 20.7 Å². The monoisotopic (exact) mass is 351 g/mol. The zero-order valence-corrected chi connectivity index (χ0v) is 12.6. The molecule has 0 aliphatic carbocycles. The van der Waals surface area contributed by atoms with Crippen molar-refractivity contribution in [2.24, 2.45) is 0 Å². The van der Waals surface area contributed by atoms with Crippen molar-refractivity contribution in [2.45, 2.75) is 13.0 Å². The molecule has 1 N–H and O–H groups in total. The Morgan fingerprint density at radius 3 is 2.70 bits per heavy atom. The molecule has 112 valence electrons. The molecular formula is C13H16BrF2NO3. The first-order chi connectivity index (χ1) is 9.47.